The van der Waals surface area contributed by atoms with Crippen LogP contribution in [0.15, 0.2) is 28.5 Å². The van der Waals surface area contributed by atoms with Crippen molar-refractivity contribution in [3.8, 4) is 0 Å². The Morgan fingerprint density at radius 1 is 1.58 bits per heavy atom. The van der Waals surface area contributed by atoms with E-state index in [1.807, 2.05) is 11.6 Å². The molecule has 0 aromatic carbocycles. The maximum atomic E-state index is 4.44. The number of hydrogen-bond donors (Lipinski definition) is 2. The van der Waals surface area contributed by atoms with Crippen LogP contribution < -0.4 is 10.9 Å². The highest BCUT2D eigenvalue weighted by molar-refractivity contribution is 5.70. The predicted molar refractivity (Wildman–Crippen MR) is 48.4 cm³/mol. The average Bonchev–Trinajstić information content (AvgIpc) is 2.40. The highest BCUT2D eigenvalue weighted by Crippen LogP contribution is 2.20. The van der Waals surface area contributed by atoms with Gasteiger partial charge >= 0.3 is 0 Å². The van der Waals surface area contributed by atoms with Crippen LogP contribution in [0.3, 0.4) is 0 Å². The summed E-state index contributed by atoms with van der Waals surface area (Å²) in [7, 11) is 0. The van der Waals surface area contributed by atoms with Gasteiger partial charge in [0.1, 0.15) is 17.9 Å². The molecule has 0 bridgehead atoms. The molecule has 3 N–H and O–H groups in total. The van der Waals surface area contributed by atoms with Gasteiger partial charge < -0.3 is 0 Å². The Kier molecular flexibility index (Phi) is 1.54. The molecule has 0 aromatic heterocycles. The van der Waals surface area contributed by atoms with Gasteiger partial charge in [0.05, 0.1) is 0 Å². The van der Waals surface area contributed by atoms with Crippen molar-refractivity contribution in [1.29, 1.82) is 0 Å². The van der Waals surface area contributed by atoms with Crippen LogP contribution in [0.5, 0.6) is 0 Å². The molecule has 0 unspecified atom stereocenters. The molecule has 3 heteroatoms. The van der Waals surface area contributed by atoms with Gasteiger partial charge in [0, 0.05) is 11.6 Å². The second kappa shape index (κ2) is 2.45. The van der Waals surface area contributed by atoms with E-state index in [1.54, 1.807) is 0 Å². The van der Waals surface area contributed by atoms with E-state index in [9.17, 15) is 0 Å². The van der Waals surface area contributed by atoms with Gasteiger partial charge in [-0.25, -0.2) is 10.9 Å². The van der Waals surface area contributed by atoms with Gasteiger partial charge in [-0.3, -0.25) is 4.99 Å². The molecule has 0 amide bonds. The molecule has 2 heterocycles. The lowest BCUT2D eigenvalue weighted by molar-refractivity contribution is -0.688. The fraction of sp³-hybridized carbons (Fsp3) is 0.444. The fourth-order valence-electron chi connectivity index (χ4n) is 1.30. The van der Waals surface area contributed by atoms with Crippen LogP contribution >= 0.6 is 0 Å². The lowest BCUT2D eigenvalue weighted by Gasteiger charge is -2.11. The molecule has 0 radical (unpaired) electrons. The Balaban J connectivity index is 2.34. The van der Waals surface area contributed by atoms with Crippen molar-refractivity contribution in [3.63, 3.8) is 0 Å². The average molecular weight is 164 g/mol. The van der Waals surface area contributed by atoms with Crippen molar-refractivity contribution in [2.45, 2.75) is 13.8 Å². The number of nitrogens with one attached hydrogen (secondary N) is 1. The second-order valence-electron chi connectivity index (χ2n) is 3.83. The summed E-state index contributed by atoms with van der Waals surface area (Å²) in [6.45, 7) is 5.24. The van der Waals surface area contributed by atoms with Crippen LogP contribution in [0.1, 0.15) is 13.8 Å². The Hall–Kier alpha value is -1.09. The Bertz CT molecular complexity index is 258. The topological polar surface area (TPSA) is 41.0 Å². The molecular weight excluding hydrogens is 150 g/mol. The lowest BCUT2D eigenvalue weighted by atomic mass is 9.95. The van der Waals surface area contributed by atoms with Gasteiger partial charge in [0.15, 0.2) is 0 Å². The first kappa shape index (κ1) is 7.55. The van der Waals surface area contributed by atoms with E-state index in [-0.39, 0.29) is 5.41 Å². The molecule has 0 fully saturated rings. The fourth-order valence-corrected chi connectivity index (χ4v) is 1.30. The van der Waals surface area contributed by atoms with Crippen molar-refractivity contribution in [2.24, 2.45) is 10.4 Å². The first-order valence-corrected chi connectivity index (χ1v) is 4.23. The summed E-state index contributed by atoms with van der Waals surface area (Å²) in [6, 6.07) is 0. The molecule has 64 valence electrons. The number of hydrogen-bond acceptors (Lipinski definition) is 2. The number of aliphatic imine (C=N–C) groups is 1. The molecule has 0 atom stereocenters. The maximum Gasteiger partial charge on any atom is 0.143 e. The van der Waals surface area contributed by atoms with Crippen molar-refractivity contribution >= 4 is 6.21 Å². The molecule has 2 aliphatic rings. The number of rotatable bonds is 0. The predicted octanol–water partition coefficient (Wildman–Crippen LogP) is -0.0536. The molecule has 0 saturated carbocycles. The van der Waals surface area contributed by atoms with Crippen molar-refractivity contribution in [3.05, 3.63) is 23.5 Å². The summed E-state index contributed by atoms with van der Waals surface area (Å²) >= 11 is 0. The third-order valence-corrected chi connectivity index (χ3v) is 2.10. The lowest BCUT2D eigenvalue weighted by Crippen LogP contribution is -2.90. The number of allylic oxidation sites excluding steroid dienone is 2. The summed E-state index contributed by atoms with van der Waals surface area (Å²) in [4.78, 5) is 4.44. The smallest absolute Gasteiger partial charge is 0.143 e. The first-order chi connectivity index (χ1) is 5.67. The molecular formula is C9H14N3+. The van der Waals surface area contributed by atoms with Gasteiger partial charge in [-0.1, -0.05) is 19.9 Å². The Morgan fingerprint density at radius 2 is 2.42 bits per heavy atom. The monoisotopic (exact) mass is 164 g/mol. The largest absolute Gasteiger partial charge is 0.256 e. The number of quaternary nitrogens is 1. The SMILES string of the molecule is CC1(C)C=CC2=C(C[NH2+]N2)N=C1. The zero-order chi connectivity index (χ0) is 8.60. The third kappa shape index (κ3) is 1.28. The molecule has 0 spiro atoms. The molecule has 2 rings (SSSR count). The Morgan fingerprint density at radius 3 is 3.25 bits per heavy atom. The van der Waals surface area contributed by atoms with E-state index < -0.39 is 0 Å². The van der Waals surface area contributed by atoms with Gasteiger partial charge in [-0.2, -0.15) is 0 Å². The van der Waals surface area contributed by atoms with Crippen LogP contribution in [-0.2, 0) is 0 Å². The number of nitrogens with two attached hydrogens (primary N) is 1. The van der Waals surface area contributed by atoms with E-state index in [2.05, 4.69) is 36.4 Å². The normalized spacial score (nSPS) is 25.2. The van der Waals surface area contributed by atoms with Crippen molar-refractivity contribution in [1.82, 2.24) is 5.43 Å². The zero-order valence-corrected chi connectivity index (χ0v) is 7.46. The summed E-state index contributed by atoms with van der Waals surface area (Å²) in [5, 5.41) is 0. The molecule has 0 aliphatic carbocycles. The van der Waals surface area contributed by atoms with Crippen LogP contribution in [0, 0.1) is 5.41 Å². The van der Waals surface area contributed by atoms with Crippen LogP contribution in [0.4, 0.5) is 0 Å². The maximum absolute atomic E-state index is 4.44. The summed E-state index contributed by atoms with van der Waals surface area (Å²) in [5.41, 5.74) is 7.61. The van der Waals surface area contributed by atoms with Crippen molar-refractivity contribution in [2.75, 3.05) is 6.54 Å². The van der Waals surface area contributed by atoms with Crippen molar-refractivity contribution < 1.29 is 5.43 Å². The summed E-state index contributed by atoms with van der Waals surface area (Å²) < 4.78 is 0. The standard InChI is InChI=1S/C9H13N3/c1-9(2)4-3-7-8(10-6-9)5-11-12-7/h3-4,6,11-12H,5H2,1-2H3/p+1. The third-order valence-electron chi connectivity index (χ3n) is 2.10. The van der Waals surface area contributed by atoms with E-state index in [1.165, 1.54) is 0 Å². The summed E-state index contributed by atoms with van der Waals surface area (Å²) in [5.74, 6) is 0. The van der Waals surface area contributed by atoms with E-state index in [0.717, 1.165) is 17.9 Å². The molecule has 12 heavy (non-hydrogen) atoms. The van der Waals surface area contributed by atoms with E-state index in [0.29, 0.717) is 0 Å². The molecule has 3 nitrogen and oxygen atoms in total. The molecule has 0 aromatic rings. The van der Waals surface area contributed by atoms with E-state index in [4.69, 9.17) is 0 Å². The van der Waals surface area contributed by atoms with E-state index >= 15 is 0 Å². The minimum Gasteiger partial charge on any atom is -0.256 e. The van der Waals surface area contributed by atoms with Gasteiger partial charge in [0.2, 0.25) is 0 Å². The van der Waals surface area contributed by atoms with Gasteiger partial charge in [0.25, 0.3) is 0 Å². The molecule has 0 saturated heterocycles. The number of nitrogens with zero attached hydrogens (tertiary/aromatic N) is 1. The van der Waals surface area contributed by atoms with Crippen LogP contribution in [0.2, 0.25) is 0 Å². The highest BCUT2D eigenvalue weighted by Gasteiger charge is 2.19. The van der Waals surface area contributed by atoms with Gasteiger partial charge in [-0.15, -0.1) is 0 Å². The quantitative estimate of drug-likeness (QED) is 0.484. The Labute approximate surface area is 72.2 Å². The van der Waals surface area contributed by atoms with Gasteiger partial charge in [-0.05, 0) is 6.08 Å². The van der Waals surface area contributed by atoms with Crippen LogP contribution in [-0.4, -0.2) is 12.8 Å². The minimum absolute atomic E-state index is 0.0893. The minimum atomic E-state index is 0.0893. The first-order valence-electron chi connectivity index (χ1n) is 4.23. The zero-order valence-electron chi connectivity index (χ0n) is 7.46. The summed E-state index contributed by atoms with van der Waals surface area (Å²) in [6.07, 6.45) is 6.30. The second-order valence-corrected chi connectivity index (χ2v) is 3.83. The molecule has 2 aliphatic heterocycles. The highest BCUT2D eigenvalue weighted by atomic mass is 15.4. The van der Waals surface area contributed by atoms with Crippen LogP contribution in [0.25, 0.3) is 0 Å².